The van der Waals surface area contributed by atoms with Gasteiger partial charge < -0.3 is 31.0 Å². The summed E-state index contributed by atoms with van der Waals surface area (Å²) in [6, 6.07) is 20.6. The number of aromatic amines is 1. The number of nitrogens with one attached hydrogen (secondary N) is 3. The second-order valence-electron chi connectivity index (χ2n) is 11.5. The fourth-order valence-electron chi connectivity index (χ4n) is 6.01. The van der Waals surface area contributed by atoms with Gasteiger partial charge in [-0.05, 0) is 105 Å². The molecule has 2 heterocycles. The van der Waals surface area contributed by atoms with Crippen LogP contribution in [-0.2, 0) is 11.3 Å². The normalized spacial score (nSPS) is 13.3. The smallest absolute Gasteiger partial charge is 0.255 e. The lowest BCUT2D eigenvalue weighted by atomic mass is 9.94. The summed E-state index contributed by atoms with van der Waals surface area (Å²) < 4.78 is 5.63. The van der Waals surface area contributed by atoms with Gasteiger partial charge in [0.15, 0.2) is 0 Å². The van der Waals surface area contributed by atoms with Crippen LogP contribution in [0.15, 0.2) is 71.5 Å². The van der Waals surface area contributed by atoms with Gasteiger partial charge in [0.2, 0.25) is 0 Å². The highest BCUT2D eigenvalue weighted by atomic mass is 16.5. The van der Waals surface area contributed by atoms with E-state index in [9.17, 15) is 14.4 Å². The molecule has 0 radical (unpaired) electrons. The summed E-state index contributed by atoms with van der Waals surface area (Å²) in [5.74, 6) is -0.517. The highest BCUT2D eigenvalue weighted by molar-refractivity contribution is 6.06. The van der Waals surface area contributed by atoms with Crippen LogP contribution in [0.3, 0.4) is 0 Å². The van der Waals surface area contributed by atoms with Crippen molar-refractivity contribution >= 4 is 28.9 Å². The molecule has 9 nitrogen and oxygen atoms in total. The Morgan fingerprint density at radius 3 is 2.33 bits per heavy atom. The van der Waals surface area contributed by atoms with Crippen molar-refractivity contribution in [3.63, 3.8) is 0 Å². The fourth-order valence-corrected chi connectivity index (χ4v) is 6.01. The summed E-state index contributed by atoms with van der Waals surface area (Å²) in [7, 11) is 0. The van der Waals surface area contributed by atoms with Crippen molar-refractivity contribution in [3.8, 4) is 11.1 Å². The highest BCUT2D eigenvalue weighted by Gasteiger charge is 2.25. The minimum absolute atomic E-state index is 0.118. The molecule has 2 amide bonds. The van der Waals surface area contributed by atoms with Gasteiger partial charge in [-0.1, -0.05) is 24.3 Å². The van der Waals surface area contributed by atoms with Gasteiger partial charge in [0.05, 0.1) is 11.4 Å². The van der Waals surface area contributed by atoms with Crippen molar-refractivity contribution in [3.05, 3.63) is 111 Å². The van der Waals surface area contributed by atoms with Crippen molar-refractivity contribution in [2.75, 3.05) is 35.7 Å². The molecule has 45 heavy (non-hydrogen) atoms. The lowest BCUT2D eigenvalue weighted by Gasteiger charge is -2.37. The first-order valence-electron chi connectivity index (χ1n) is 15.4. The Balaban J connectivity index is 1.48. The van der Waals surface area contributed by atoms with Gasteiger partial charge in [0.25, 0.3) is 17.4 Å². The number of ether oxygens (including phenoxy) is 1. The van der Waals surface area contributed by atoms with E-state index < -0.39 is 0 Å². The number of nitrogens with two attached hydrogens (primary N) is 1. The Bertz CT molecular complexity index is 1760. The molecule has 1 saturated heterocycles. The average molecular weight is 608 g/mol. The Kier molecular flexibility index (Phi) is 9.68. The van der Waals surface area contributed by atoms with E-state index in [0.717, 1.165) is 53.0 Å². The van der Waals surface area contributed by atoms with Crippen LogP contribution in [0.5, 0.6) is 0 Å². The summed E-state index contributed by atoms with van der Waals surface area (Å²) >= 11 is 0. The van der Waals surface area contributed by atoms with Crippen molar-refractivity contribution in [2.24, 2.45) is 0 Å². The first-order valence-corrected chi connectivity index (χ1v) is 15.4. The standard InChI is InChI=1S/C36H41N5O4/c1-5-41(28-14-16-45-17-15-28)33-20-27(25-10-12-26(13-11-25)34(42)40-32-9-7-6-8-31(32)37)19-29(24(33)4)35(43)38-21-30-22(2)18-23(3)39-36(30)44/h6-13,18-20,28H,5,14-17,21,37H2,1-4H3,(H,38,43)(H,39,44)(H,40,42). The third-order valence-electron chi connectivity index (χ3n) is 8.52. The van der Waals surface area contributed by atoms with Gasteiger partial charge in [-0.15, -0.1) is 0 Å². The van der Waals surface area contributed by atoms with Gasteiger partial charge in [-0.3, -0.25) is 14.4 Å². The zero-order valence-corrected chi connectivity index (χ0v) is 26.3. The van der Waals surface area contributed by atoms with E-state index in [1.54, 1.807) is 24.3 Å². The number of hydrogen-bond donors (Lipinski definition) is 4. The molecular weight excluding hydrogens is 566 g/mol. The van der Waals surface area contributed by atoms with Crippen molar-refractivity contribution in [1.29, 1.82) is 0 Å². The maximum Gasteiger partial charge on any atom is 0.255 e. The first-order chi connectivity index (χ1) is 21.7. The number of benzene rings is 3. The third-order valence-corrected chi connectivity index (χ3v) is 8.52. The lowest BCUT2D eigenvalue weighted by molar-refractivity contribution is 0.0845. The number of nitrogen functional groups attached to an aromatic ring is 1. The molecule has 0 atom stereocenters. The Morgan fingerprint density at radius 1 is 0.956 bits per heavy atom. The molecule has 0 spiro atoms. The molecule has 9 heteroatoms. The Morgan fingerprint density at radius 2 is 1.67 bits per heavy atom. The van der Waals surface area contributed by atoms with E-state index in [2.05, 4.69) is 33.5 Å². The number of nitrogens with zero attached hydrogens (tertiary/aromatic N) is 1. The molecule has 5 N–H and O–H groups in total. The number of carbonyl (C=O) groups is 2. The molecule has 0 bridgehead atoms. The van der Waals surface area contributed by atoms with Crippen molar-refractivity contribution < 1.29 is 14.3 Å². The summed E-state index contributed by atoms with van der Waals surface area (Å²) in [6.07, 6.45) is 1.81. The molecule has 5 rings (SSSR count). The summed E-state index contributed by atoms with van der Waals surface area (Å²) in [5, 5.41) is 5.86. The van der Waals surface area contributed by atoms with Gasteiger partial charge in [-0.2, -0.15) is 0 Å². The second-order valence-corrected chi connectivity index (χ2v) is 11.5. The maximum atomic E-state index is 13.8. The second kappa shape index (κ2) is 13.8. The number of aromatic nitrogens is 1. The van der Waals surface area contributed by atoms with Crippen LogP contribution in [0, 0.1) is 20.8 Å². The van der Waals surface area contributed by atoms with E-state index in [-0.39, 0.29) is 23.9 Å². The number of anilines is 3. The Labute approximate surface area is 263 Å². The molecule has 0 saturated carbocycles. The summed E-state index contributed by atoms with van der Waals surface area (Å²) in [5.41, 5.74) is 13.6. The molecule has 234 valence electrons. The van der Waals surface area contributed by atoms with Crippen LogP contribution in [0.4, 0.5) is 17.1 Å². The molecule has 0 unspecified atom stereocenters. The number of aryl methyl sites for hydroxylation is 2. The number of H-pyrrole nitrogens is 1. The summed E-state index contributed by atoms with van der Waals surface area (Å²) in [4.78, 5) is 44.5. The predicted octanol–water partition coefficient (Wildman–Crippen LogP) is 5.74. The molecule has 3 aromatic carbocycles. The molecule has 1 aliphatic heterocycles. The number of amides is 2. The molecule has 4 aromatic rings. The van der Waals surface area contributed by atoms with Crippen molar-refractivity contribution in [2.45, 2.75) is 53.1 Å². The van der Waals surface area contributed by atoms with Gasteiger partial charge >= 0.3 is 0 Å². The van der Waals surface area contributed by atoms with Crippen molar-refractivity contribution in [1.82, 2.24) is 10.3 Å². The SMILES string of the molecule is CCN(c1cc(-c2ccc(C(=O)Nc3ccccc3N)cc2)cc(C(=O)NCc2c(C)cc(C)[nH]c2=O)c1C)C1CCOCC1. The molecular formula is C36H41N5O4. The van der Waals surface area contributed by atoms with Gasteiger partial charge in [0, 0.05) is 60.4 Å². The van der Waals surface area contributed by atoms with Crippen LogP contribution in [0.2, 0.25) is 0 Å². The number of carbonyl (C=O) groups excluding carboxylic acids is 2. The van der Waals surface area contributed by atoms with E-state index >= 15 is 0 Å². The molecule has 0 aliphatic carbocycles. The van der Waals surface area contributed by atoms with Crippen LogP contribution >= 0.6 is 0 Å². The average Bonchev–Trinajstić information content (AvgIpc) is 3.03. The number of pyridine rings is 1. The minimum Gasteiger partial charge on any atom is -0.397 e. The third kappa shape index (κ3) is 7.10. The topological polar surface area (TPSA) is 130 Å². The van der Waals surface area contributed by atoms with E-state index in [4.69, 9.17) is 10.5 Å². The molecule has 1 aliphatic rings. The maximum absolute atomic E-state index is 13.8. The number of rotatable bonds is 9. The van der Waals surface area contributed by atoms with Crippen LogP contribution in [-0.4, -0.2) is 42.6 Å². The van der Waals surface area contributed by atoms with Crippen LogP contribution in [0.1, 0.15) is 62.9 Å². The van der Waals surface area contributed by atoms with Gasteiger partial charge in [0.1, 0.15) is 0 Å². The fraction of sp³-hybridized carbons (Fsp3) is 0.306. The largest absolute Gasteiger partial charge is 0.397 e. The predicted molar refractivity (Wildman–Crippen MR) is 180 cm³/mol. The molecule has 1 fully saturated rings. The number of hydrogen-bond acceptors (Lipinski definition) is 6. The van der Waals surface area contributed by atoms with E-state index in [1.165, 1.54) is 0 Å². The Hall–Kier alpha value is -4.89. The van der Waals surface area contributed by atoms with E-state index in [1.807, 2.05) is 57.2 Å². The quantitative estimate of drug-likeness (QED) is 0.180. The monoisotopic (exact) mass is 607 g/mol. The van der Waals surface area contributed by atoms with E-state index in [0.29, 0.717) is 47.3 Å². The first kappa shape index (κ1) is 31.5. The lowest BCUT2D eigenvalue weighted by Crippen LogP contribution is -2.40. The van der Waals surface area contributed by atoms with Crippen LogP contribution < -0.4 is 26.8 Å². The zero-order chi connectivity index (χ0) is 32.1. The summed E-state index contributed by atoms with van der Waals surface area (Å²) in [6.45, 7) is 10.1. The van der Waals surface area contributed by atoms with Crippen LogP contribution in [0.25, 0.3) is 11.1 Å². The minimum atomic E-state index is -0.262. The highest BCUT2D eigenvalue weighted by Crippen LogP contribution is 2.34. The molecule has 1 aromatic heterocycles. The zero-order valence-electron chi connectivity index (χ0n) is 26.3. The number of para-hydroxylation sites is 2. The van der Waals surface area contributed by atoms with Gasteiger partial charge in [-0.25, -0.2) is 0 Å².